The van der Waals surface area contributed by atoms with E-state index in [1.165, 1.54) is 12.1 Å². The van der Waals surface area contributed by atoms with Gasteiger partial charge in [0, 0.05) is 0 Å². The predicted octanol–water partition coefficient (Wildman–Crippen LogP) is 2.43. The van der Waals surface area contributed by atoms with Crippen molar-refractivity contribution in [1.29, 1.82) is 5.26 Å². The van der Waals surface area contributed by atoms with E-state index in [0.29, 0.717) is 13.0 Å². The average molecular weight is 191 g/mol. The van der Waals surface area contributed by atoms with E-state index in [1.807, 2.05) is 0 Å². The lowest BCUT2D eigenvalue weighted by Crippen LogP contribution is -1.95. The lowest BCUT2D eigenvalue weighted by atomic mass is 10.0. The van der Waals surface area contributed by atoms with Gasteiger partial charge in [0.25, 0.3) is 0 Å². The van der Waals surface area contributed by atoms with Crippen molar-refractivity contribution in [1.82, 2.24) is 0 Å². The van der Waals surface area contributed by atoms with E-state index in [4.69, 9.17) is 10.00 Å². The lowest BCUT2D eigenvalue weighted by Gasteiger charge is -2.08. The highest BCUT2D eigenvalue weighted by Gasteiger charge is 2.26. The van der Waals surface area contributed by atoms with Gasteiger partial charge in [-0.05, 0) is 24.1 Å². The van der Waals surface area contributed by atoms with Gasteiger partial charge < -0.3 is 4.74 Å². The van der Waals surface area contributed by atoms with Crippen LogP contribution < -0.4 is 0 Å². The molecule has 0 N–H and O–H groups in total. The molecule has 2 atom stereocenters. The summed E-state index contributed by atoms with van der Waals surface area (Å²) in [5.41, 5.74) is 0.948. The van der Waals surface area contributed by atoms with Crippen LogP contribution in [0.3, 0.4) is 0 Å². The second kappa shape index (κ2) is 3.77. The minimum absolute atomic E-state index is 0.0231. The average Bonchev–Trinajstić information content (AvgIpc) is 2.67. The summed E-state index contributed by atoms with van der Waals surface area (Å²) in [5, 5.41) is 8.68. The van der Waals surface area contributed by atoms with E-state index in [1.54, 1.807) is 12.1 Å². The third kappa shape index (κ3) is 1.75. The second-order valence-electron chi connectivity index (χ2n) is 3.44. The van der Waals surface area contributed by atoms with Crippen LogP contribution in [0, 0.1) is 23.1 Å². The number of nitrogens with zero attached hydrogens (tertiary/aromatic N) is 1. The third-order valence-electron chi connectivity index (χ3n) is 2.42. The van der Waals surface area contributed by atoms with Gasteiger partial charge in [0.2, 0.25) is 0 Å². The topological polar surface area (TPSA) is 33.0 Å². The zero-order valence-corrected chi connectivity index (χ0v) is 7.61. The van der Waals surface area contributed by atoms with Crippen molar-refractivity contribution >= 4 is 0 Å². The molecule has 0 aromatic heterocycles. The van der Waals surface area contributed by atoms with Gasteiger partial charge in [-0.25, -0.2) is 4.39 Å². The number of hydrogen-bond acceptors (Lipinski definition) is 2. The molecular weight excluding hydrogens is 181 g/mol. The van der Waals surface area contributed by atoms with Gasteiger partial charge in [-0.2, -0.15) is 5.26 Å². The number of benzene rings is 1. The molecule has 1 fully saturated rings. The molecule has 0 radical (unpaired) electrons. The van der Waals surface area contributed by atoms with Crippen LogP contribution in [0.4, 0.5) is 4.39 Å². The molecule has 0 bridgehead atoms. The Balaban J connectivity index is 2.10. The summed E-state index contributed by atoms with van der Waals surface area (Å²) in [5.74, 6) is -0.270. The molecule has 14 heavy (non-hydrogen) atoms. The van der Waals surface area contributed by atoms with E-state index < -0.39 is 0 Å². The molecule has 2 rings (SSSR count). The van der Waals surface area contributed by atoms with E-state index >= 15 is 0 Å². The van der Waals surface area contributed by atoms with Crippen LogP contribution in [-0.4, -0.2) is 6.61 Å². The van der Waals surface area contributed by atoms with Gasteiger partial charge in [-0.1, -0.05) is 12.1 Å². The van der Waals surface area contributed by atoms with Crippen LogP contribution in [0.1, 0.15) is 18.1 Å². The first kappa shape index (κ1) is 9.17. The minimum atomic E-state index is -0.247. The summed E-state index contributed by atoms with van der Waals surface area (Å²) in [7, 11) is 0. The molecule has 0 spiro atoms. The van der Waals surface area contributed by atoms with Crippen LogP contribution >= 0.6 is 0 Å². The van der Waals surface area contributed by atoms with Crippen molar-refractivity contribution in [2.24, 2.45) is 5.92 Å². The molecule has 2 nitrogen and oxygen atoms in total. The zero-order valence-electron chi connectivity index (χ0n) is 7.61. The van der Waals surface area contributed by atoms with Gasteiger partial charge in [0.15, 0.2) is 0 Å². The van der Waals surface area contributed by atoms with Crippen LogP contribution in [0.15, 0.2) is 24.3 Å². The van der Waals surface area contributed by atoms with Gasteiger partial charge in [-0.3, -0.25) is 0 Å². The first-order valence-electron chi connectivity index (χ1n) is 4.56. The number of halogens is 1. The Labute approximate surface area is 81.9 Å². The van der Waals surface area contributed by atoms with E-state index in [2.05, 4.69) is 6.07 Å². The molecule has 1 aromatic rings. The Hall–Kier alpha value is -1.40. The summed E-state index contributed by atoms with van der Waals surface area (Å²) < 4.78 is 18.1. The van der Waals surface area contributed by atoms with Crippen LogP contribution in [-0.2, 0) is 4.74 Å². The Morgan fingerprint density at radius 3 is 2.64 bits per heavy atom. The quantitative estimate of drug-likeness (QED) is 0.683. The standard InChI is InChI=1S/C11H10FNO/c12-10-3-1-9(2-4-10)11-5-8(6-13)7-14-11/h1-4,8,11H,5,7H2/t8-,11-/m1/s1. The Morgan fingerprint density at radius 1 is 1.36 bits per heavy atom. The second-order valence-corrected chi connectivity index (χ2v) is 3.44. The van der Waals surface area contributed by atoms with Gasteiger partial charge in [-0.15, -0.1) is 0 Å². The zero-order chi connectivity index (χ0) is 9.97. The fourth-order valence-corrected chi connectivity index (χ4v) is 1.63. The highest BCUT2D eigenvalue weighted by molar-refractivity contribution is 5.20. The molecule has 3 heteroatoms. The van der Waals surface area contributed by atoms with E-state index in [-0.39, 0.29) is 17.8 Å². The number of nitriles is 1. The summed E-state index contributed by atoms with van der Waals surface area (Å²) in [4.78, 5) is 0. The van der Waals surface area contributed by atoms with Crippen molar-refractivity contribution in [3.63, 3.8) is 0 Å². The Kier molecular flexibility index (Phi) is 2.47. The maximum Gasteiger partial charge on any atom is 0.123 e. The predicted molar refractivity (Wildman–Crippen MR) is 48.8 cm³/mol. The molecule has 1 aromatic carbocycles. The number of ether oxygens (including phenoxy) is 1. The van der Waals surface area contributed by atoms with Gasteiger partial charge in [0.1, 0.15) is 5.82 Å². The Morgan fingerprint density at radius 2 is 2.07 bits per heavy atom. The van der Waals surface area contributed by atoms with E-state index in [9.17, 15) is 4.39 Å². The molecule has 0 amide bonds. The summed E-state index contributed by atoms with van der Waals surface area (Å²) >= 11 is 0. The molecule has 0 saturated carbocycles. The molecule has 72 valence electrons. The fourth-order valence-electron chi connectivity index (χ4n) is 1.63. The minimum Gasteiger partial charge on any atom is -0.372 e. The molecule has 1 aliphatic rings. The first-order chi connectivity index (χ1) is 6.79. The number of rotatable bonds is 1. The summed E-state index contributed by atoms with van der Waals surface area (Å²) in [6, 6.07) is 8.42. The van der Waals surface area contributed by atoms with Crippen LogP contribution in [0.2, 0.25) is 0 Å². The van der Waals surface area contributed by atoms with Crippen molar-refractivity contribution in [2.75, 3.05) is 6.61 Å². The largest absolute Gasteiger partial charge is 0.372 e. The highest BCUT2D eigenvalue weighted by Crippen LogP contribution is 2.31. The lowest BCUT2D eigenvalue weighted by molar-refractivity contribution is 0.109. The third-order valence-corrected chi connectivity index (χ3v) is 2.42. The van der Waals surface area contributed by atoms with Crippen LogP contribution in [0.25, 0.3) is 0 Å². The molecular formula is C11H10FNO. The smallest absolute Gasteiger partial charge is 0.123 e. The fraction of sp³-hybridized carbons (Fsp3) is 0.364. The van der Waals surface area contributed by atoms with E-state index in [0.717, 1.165) is 5.56 Å². The van der Waals surface area contributed by atoms with Crippen molar-refractivity contribution < 1.29 is 9.13 Å². The van der Waals surface area contributed by atoms with Crippen molar-refractivity contribution in [3.05, 3.63) is 35.6 Å². The number of hydrogen-bond donors (Lipinski definition) is 0. The molecule has 1 heterocycles. The molecule has 0 aliphatic carbocycles. The Bertz CT molecular complexity index is 355. The van der Waals surface area contributed by atoms with Gasteiger partial charge in [0.05, 0.1) is 24.7 Å². The van der Waals surface area contributed by atoms with Crippen molar-refractivity contribution in [2.45, 2.75) is 12.5 Å². The summed E-state index contributed by atoms with van der Waals surface area (Å²) in [6.07, 6.45) is 0.669. The highest BCUT2D eigenvalue weighted by atomic mass is 19.1. The normalized spacial score (nSPS) is 26.0. The maximum absolute atomic E-state index is 12.6. The summed E-state index contributed by atoms with van der Waals surface area (Å²) in [6.45, 7) is 0.485. The molecule has 0 unspecified atom stereocenters. The SMILES string of the molecule is N#C[C@@H]1CO[C@@H](c2ccc(F)cc2)C1. The first-order valence-corrected chi connectivity index (χ1v) is 4.56. The maximum atomic E-state index is 12.6. The van der Waals surface area contributed by atoms with Crippen LogP contribution in [0.5, 0.6) is 0 Å². The van der Waals surface area contributed by atoms with Gasteiger partial charge >= 0.3 is 0 Å². The molecule has 1 aliphatic heterocycles. The monoisotopic (exact) mass is 191 g/mol. The molecule has 1 saturated heterocycles. The van der Waals surface area contributed by atoms with Crippen molar-refractivity contribution in [3.8, 4) is 6.07 Å².